The molecule has 0 aliphatic carbocycles. The third-order valence-electron chi connectivity index (χ3n) is 4.64. The van der Waals surface area contributed by atoms with Gasteiger partial charge in [0.2, 0.25) is 15.9 Å². The van der Waals surface area contributed by atoms with Crippen LogP contribution >= 0.6 is 0 Å². The molecule has 1 atom stereocenters. The van der Waals surface area contributed by atoms with Gasteiger partial charge < -0.3 is 20.8 Å². The molecule has 1 aromatic carbocycles. The van der Waals surface area contributed by atoms with E-state index in [1.54, 1.807) is 0 Å². The Balaban J connectivity index is 0.000000718. The van der Waals surface area contributed by atoms with Crippen molar-refractivity contribution in [2.45, 2.75) is 30.3 Å². The number of sulfonamides is 1. The van der Waals surface area contributed by atoms with Crippen molar-refractivity contribution in [3.8, 4) is 0 Å². The van der Waals surface area contributed by atoms with Gasteiger partial charge in [0.25, 0.3) is 0 Å². The summed E-state index contributed by atoms with van der Waals surface area (Å²) in [5.74, 6) is -7.76. The first kappa shape index (κ1) is 29.2. The Morgan fingerprint density at radius 1 is 1.15 bits per heavy atom. The molecular formula is C18H22F5N3O7S. The van der Waals surface area contributed by atoms with E-state index < -0.39 is 50.2 Å². The smallest absolute Gasteiger partial charge is 0.478 e. The summed E-state index contributed by atoms with van der Waals surface area (Å²) in [6, 6.07) is 0.688. The number of benzene rings is 1. The van der Waals surface area contributed by atoms with Crippen molar-refractivity contribution in [1.29, 1.82) is 0 Å². The number of amides is 1. The minimum absolute atomic E-state index is 0.0285. The Morgan fingerprint density at radius 3 is 2.24 bits per heavy atom. The van der Waals surface area contributed by atoms with Crippen LogP contribution in [-0.4, -0.2) is 73.7 Å². The van der Waals surface area contributed by atoms with Crippen LogP contribution in [0.5, 0.6) is 0 Å². The van der Waals surface area contributed by atoms with E-state index in [2.05, 4.69) is 4.72 Å². The number of aromatic carboxylic acids is 1. The van der Waals surface area contributed by atoms with Gasteiger partial charge >= 0.3 is 18.1 Å². The number of aliphatic carboxylic acids is 1. The zero-order valence-corrected chi connectivity index (χ0v) is 18.3. The molecule has 1 fully saturated rings. The molecule has 0 radical (unpaired) electrons. The van der Waals surface area contributed by atoms with Gasteiger partial charge in [0.15, 0.2) is 0 Å². The summed E-state index contributed by atoms with van der Waals surface area (Å²) in [6.45, 7) is 1.76. The summed E-state index contributed by atoms with van der Waals surface area (Å²) in [5, 5.41) is 16.0. The van der Waals surface area contributed by atoms with Crippen molar-refractivity contribution in [3.05, 3.63) is 29.3 Å². The van der Waals surface area contributed by atoms with E-state index in [0.29, 0.717) is 25.6 Å². The van der Waals surface area contributed by atoms with Crippen LogP contribution in [0, 0.1) is 17.6 Å². The number of hydrogen-bond donors (Lipinski definition) is 4. The summed E-state index contributed by atoms with van der Waals surface area (Å²) in [6.07, 6.45) is -3.15. The Hall–Kier alpha value is -2.85. The Kier molecular flexibility index (Phi) is 10.3. The zero-order chi connectivity index (χ0) is 26.3. The van der Waals surface area contributed by atoms with E-state index in [4.69, 9.17) is 20.7 Å². The molecule has 1 aliphatic rings. The predicted octanol–water partition coefficient (Wildman–Crippen LogP) is 1.16. The quantitative estimate of drug-likeness (QED) is 0.293. The minimum Gasteiger partial charge on any atom is -0.478 e. The highest BCUT2D eigenvalue weighted by Crippen LogP contribution is 2.20. The third kappa shape index (κ3) is 8.83. The van der Waals surface area contributed by atoms with Crippen molar-refractivity contribution >= 4 is 27.9 Å². The van der Waals surface area contributed by atoms with Crippen LogP contribution in [0.25, 0.3) is 0 Å². The molecule has 0 bridgehead atoms. The fraction of sp³-hybridized carbons (Fsp3) is 0.500. The van der Waals surface area contributed by atoms with Crippen LogP contribution in [0.4, 0.5) is 22.0 Å². The molecule has 5 N–H and O–H groups in total. The van der Waals surface area contributed by atoms with Gasteiger partial charge in [-0.25, -0.2) is 31.5 Å². The Labute approximate surface area is 190 Å². The average Bonchev–Trinajstić information content (AvgIpc) is 2.70. The van der Waals surface area contributed by atoms with Crippen molar-refractivity contribution in [2.24, 2.45) is 11.7 Å². The number of rotatable bonds is 8. The van der Waals surface area contributed by atoms with Gasteiger partial charge in [-0.15, -0.1) is 0 Å². The van der Waals surface area contributed by atoms with Gasteiger partial charge in [-0.05, 0) is 38.4 Å². The maximum absolute atomic E-state index is 13.8. The number of nitrogens with zero attached hydrogens (tertiary/aromatic N) is 1. The third-order valence-corrected chi connectivity index (χ3v) is 6.11. The monoisotopic (exact) mass is 519 g/mol. The van der Waals surface area contributed by atoms with Gasteiger partial charge in [0, 0.05) is 19.2 Å². The molecule has 1 unspecified atom stereocenters. The zero-order valence-electron chi connectivity index (χ0n) is 17.4. The molecule has 1 heterocycles. The lowest BCUT2D eigenvalue weighted by molar-refractivity contribution is -0.192. The van der Waals surface area contributed by atoms with Gasteiger partial charge in [-0.2, -0.15) is 13.2 Å². The van der Waals surface area contributed by atoms with E-state index >= 15 is 0 Å². The van der Waals surface area contributed by atoms with Crippen molar-refractivity contribution in [2.75, 3.05) is 26.2 Å². The van der Waals surface area contributed by atoms with Gasteiger partial charge in [0.1, 0.15) is 16.5 Å². The summed E-state index contributed by atoms with van der Waals surface area (Å²) in [5.41, 5.74) is 4.37. The first-order valence-electron chi connectivity index (χ1n) is 9.60. The normalized spacial score (nSPS) is 16.9. The molecule has 2 rings (SSSR count). The number of nitrogens with one attached hydrogen (secondary N) is 1. The van der Waals surface area contributed by atoms with Crippen LogP contribution in [0.3, 0.4) is 0 Å². The highest BCUT2D eigenvalue weighted by molar-refractivity contribution is 7.89. The number of carboxylic acid groups (broad SMARTS) is 2. The molecule has 1 aliphatic heterocycles. The molecule has 0 spiro atoms. The minimum atomic E-state index is -5.08. The predicted molar refractivity (Wildman–Crippen MR) is 105 cm³/mol. The number of primary amides is 1. The highest BCUT2D eigenvalue weighted by atomic mass is 32.2. The maximum Gasteiger partial charge on any atom is 0.490 e. The first-order chi connectivity index (χ1) is 15.6. The lowest BCUT2D eigenvalue weighted by Crippen LogP contribution is -2.42. The number of carboxylic acids is 2. The van der Waals surface area contributed by atoms with E-state index in [9.17, 15) is 40.0 Å². The fourth-order valence-corrected chi connectivity index (χ4v) is 4.13. The number of piperidine rings is 1. The number of carbonyl (C=O) groups is 3. The van der Waals surface area contributed by atoms with E-state index in [1.807, 2.05) is 4.90 Å². The van der Waals surface area contributed by atoms with E-state index in [0.717, 1.165) is 19.4 Å². The van der Waals surface area contributed by atoms with Crippen molar-refractivity contribution in [1.82, 2.24) is 9.62 Å². The Bertz CT molecular complexity index is 1020. The van der Waals surface area contributed by atoms with Gasteiger partial charge in [-0.1, -0.05) is 0 Å². The lowest BCUT2D eigenvalue weighted by Gasteiger charge is -2.31. The number of halogens is 5. The maximum atomic E-state index is 13.8. The SMILES string of the molecule is NC(=O)C1CCCN(CCCNS(=O)(=O)c2cc(C(=O)O)c(F)cc2F)C1.O=C(O)C(F)(F)F. The largest absolute Gasteiger partial charge is 0.490 e. The number of likely N-dealkylation sites (tertiary alicyclic amines) is 1. The number of hydrogen-bond acceptors (Lipinski definition) is 6. The summed E-state index contributed by atoms with van der Waals surface area (Å²) in [7, 11) is -4.34. The molecule has 16 heteroatoms. The number of nitrogens with two attached hydrogens (primary N) is 1. The van der Waals surface area contributed by atoms with Crippen LogP contribution in [0.2, 0.25) is 0 Å². The molecule has 1 amide bonds. The molecule has 10 nitrogen and oxygen atoms in total. The second-order valence-electron chi connectivity index (χ2n) is 7.16. The van der Waals surface area contributed by atoms with Crippen LogP contribution in [-0.2, 0) is 19.6 Å². The molecule has 34 heavy (non-hydrogen) atoms. The second-order valence-corrected chi connectivity index (χ2v) is 8.90. The standard InChI is InChI=1S/C16H21F2N3O5S.C2HF3O2/c17-12-8-13(18)14(7-11(12)16(23)24)27(25,26)20-4-2-6-21-5-1-3-10(9-21)15(19)22;3-2(4,5)1(6)7/h7-8,10,20H,1-6,9H2,(H2,19,22)(H,23,24);(H,6,7). The molecule has 1 saturated heterocycles. The first-order valence-corrected chi connectivity index (χ1v) is 11.1. The molecule has 0 aromatic heterocycles. The number of alkyl halides is 3. The molecular weight excluding hydrogens is 497 g/mol. The van der Waals surface area contributed by atoms with E-state index in [-0.39, 0.29) is 24.4 Å². The number of carbonyl (C=O) groups excluding carboxylic acids is 1. The highest BCUT2D eigenvalue weighted by Gasteiger charge is 2.38. The summed E-state index contributed by atoms with van der Waals surface area (Å²) < 4.78 is 85.5. The summed E-state index contributed by atoms with van der Waals surface area (Å²) in [4.78, 5) is 32.1. The molecule has 192 valence electrons. The molecule has 1 aromatic rings. The summed E-state index contributed by atoms with van der Waals surface area (Å²) >= 11 is 0. The van der Waals surface area contributed by atoms with Crippen molar-refractivity contribution < 1.29 is 55.0 Å². The average molecular weight is 519 g/mol. The van der Waals surface area contributed by atoms with Crippen LogP contribution in [0.1, 0.15) is 29.6 Å². The van der Waals surface area contributed by atoms with Crippen molar-refractivity contribution in [3.63, 3.8) is 0 Å². The van der Waals surface area contributed by atoms with Gasteiger partial charge in [0.05, 0.1) is 11.5 Å². The second kappa shape index (κ2) is 12.0. The molecule has 0 saturated carbocycles. The van der Waals surface area contributed by atoms with Gasteiger partial charge in [-0.3, -0.25) is 4.79 Å². The Morgan fingerprint density at radius 2 is 1.74 bits per heavy atom. The van der Waals surface area contributed by atoms with Crippen LogP contribution in [0.15, 0.2) is 17.0 Å². The van der Waals surface area contributed by atoms with Crippen LogP contribution < -0.4 is 10.5 Å². The fourth-order valence-electron chi connectivity index (χ4n) is 2.98. The topological polar surface area (TPSA) is 167 Å². The van der Waals surface area contributed by atoms with E-state index in [1.165, 1.54) is 0 Å². The lowest BCUT2D eigenvalue weighted by atomic mass is 9.97.